The Morgan fingerprint density at radius 3 is 2.50 bits per heavy atom. The van der Waals surface area contributed by atoms with E-state index in [0.29, 0.717) is 12.0 Å². The van der Waals surface area contributed by atoms with Crippen molar-refractivity contribution in [2.75, 3.05) is 50.1 Å². The Morgan fingerprint density at radius 2 is 1.82 bits per heavy atom. The van der Waals surface area contributed by atoms with Gasteiger partial charge in [-0.15, -0.1) is 0 Å². The van der Waals surface area contributed by atoms with E-state index in [-0.39, 0.29) is 11.1 Å². The molecule has 1 aliphatic heterocycles. The van der Waals surface area contributed by atoms with Gasteiger partial charge < -0.3 is 14.7 Å². The van der Waals surface area contributed by atoms with Crippen LogP contribution in [0, 0.1) is 11.3 Å². The number of carbonyl (C=O) groups is 1. The first-order valence-electron chi connectivity index (χ1n) is 9.33. The predicted molar refractivity (Wildman–Crippen MR) is 112 cm³/mol. The summed E-state index contributed by atoms with van der Waals surface area (Å²) in [5.41, 5.74) is 3.45. The van der Waals surface area contributed by atoms with Gasteiger partial charge in [0.25, 0.3) is 0 Å². The van der Waals surface area contributed by atoms with Crippen LogP contribution >= 0.6 is 11.6 Å². The molecule has 0 N–H and O–H groups in total. The van der Waals surface area contributed by atoms with Crippen LogP contribution in [0.3, 0.4) is 0 Å². The number of benzene rings is 1. The maximum absolute atomic E-state index is 11.9. The van der Waals surface area contributed by atoms with Crippen LogP contribution in [0.1, 0.15) is 17.5 Å². The minimum Gasteiger partial charge on any atom is -0.370 e. The Labute approximate surface area is 170 Å². The number of aromatic nitrogens is 1. The van der Waals surface area contributed by atoms with E-state index >= 15 is 0 Å². The highest BCUT2D eigenvalue weighted by molar-refractivity contribution is 6.30. The van der Waals surface area contributed by atoms with Crippen molar-refractivity contribution in [3.05, 3.63) is 52.8 Å². The summed E-state index contributed by atoms with van der Waals surface area (Å²) < 4.78 is 0. The number of anilines is 2. The minimum atomic E-state index is 0.0995. The number of carbonyl (C=O) groups excluding carboxylic acids is 1. The first-order chi connectivity index (χ1) is 13.5. The average Bonchev–Trinajstić information content (AvgIpc) is 2.94. The lowest BCUT2D eigenvalue weighted by Crippen LogP contribution is -2.31. The third-order valence-corrected chi connectivity index (χ3v) is 5.27. The van der Waals surface area contributed by atoms with Crippen LogP contribution in [-0.2, 0) is 11.2 Å². The van der Waals surface area contributed by atoms with E-state index in [2.05, 4.69) is 33.0 Å². The third-order valence-electron chi connectivity index (χ3n) is 4.99. The molecule has 1 aromatic heterocycles. The van der Waals surface area contributed by atoms with E-state index in [0.717, 1.165) is 49.5 Å². The van der Waals surface area contributed by atoms with Crippen LogP contribution in [0.5, 0.6) is 0 Å². The first kappa shape index (κ1) is 20.0. The Bertz CT molecular complexity index is 875. The monoisotopic (exact) mass is 397 g/mol. The molecule has 6 nitrogen and oxygen atoms in total. The largest absolute Gasteiger partial charge is 0.370 e. The van der Waals surface area contributed by atoms with E-state index < -0.39 is 0 Å². The summed E-state index contributed by atoms with van der Waals surface area (Å²) >= 11 is 6.09. The molecule has 28 heavy (non-hydrogen) atoms. The number of hydrogen-bond acceptors (Lipinski definition) is 5. The number of nitriles is 1. The van der Waals surface area contributed by atoms with Crippen molar-refractivity contribution < 1.29 is 4.79 Å². The Kier molecular flexibility index (Phi) is 6.37. The van der Waals surface area contributed by atoms with Crippen LogP contribution in [0.25, 0.3) is 0 Å². The molecule has 7 heteroatoms. The van der Waals surface area contributed by atoms with Gasteiger partial charge >= 0.3 is 0 Å². The van der Waals surface area contributed by atoms with Crippen LogP contribution in [0.4, 0.5) is 11.4 Å². The highest BCUT2D eigenvalue weighted by atomic mass is 35.5. The van der Waals surface area contributed by atoms with Gasteiger partial charge in [0.15, 0.2) is 0 Å². The van der Waals surface area contributed by atoms with Crippen molar-refractivity contribution in [2.45, 2.75) is 12.8 Å². The lowest BCUT2D eigenvalue weighted by atomic mass is 10.1. The number of halogens is 1. The van der Waals surface area contributed by atoms with Gasteiger partial charge in [0, 0.05) is 52.2 Å². The number of rotatable bonds is 4. The molecule has 3 rings (SSSR count). The van der Waals surface area contributed by atoms with Crippen molar-refractivity contribution in [1.82, 2.24) is 9.88 Å². The van der Waals surface area contributed by atoms with E-state index in [4.69, 9.17) is 11.6 Å². The smallest absolute Gasteiger partial charge is 0.226 e. The second-order valence-corrected chi connectivity index (χ2v) is 7.42. The maximum atomic E-state index is 11.9. The van der Waals surface area contributed by atoms with Crippen molar-refractivity contribution >= 4 is 28.9 Å². The summed E-state index contributed by atoms with van der Waals surface area (Å²) in [5.74, 6) is 0.0995. The van der Waals surface area contributed by atoms with Gasteiger partial charge in [0.1, 0.15) is 16.8 Å². The Balaban J connectivity index is 1.68. The van der Waals surface area contributed by atoms with E-state index in [1.54, 1.807) is 25.2 Å². The molecule has 146 valence electrons. The third kappa shape index (κ3) is 4.55. The molecule has 0 atom stereocenters. The number of nitrogens with zero attached hydrogens (tertiary/aromatic N) is 5. The number of amides is 1. The summed E-state index contributed by atoms with van der Waals surface area (Å²) in [4.78, 5) is 22.0. The summed E-state index contributed by atoms with van der Waals surface area (Å²) in [6.07, 6.45) is 3.04. The number of hydrogen-bond donors (Lipinski definition) is 0. The molecule has 2 heterocycles. The molecule has 0 saturated carbocycles. The topological polar surface area (TPSA) is 63.5 Å². The fraction of sp³-hybridized carbons (Fsp3) is 0.381. The quantitative estimate of drug-likeness (QED) is 0.742. The van der Waals surface area contributed by atoms with Gasteiger partial charge in [-0.2, -0.15) is 5.26 Å². The predicted octanol–water partition coefficient (Wildman–Crippen LogP) is 2.95. The molecule has 1 saturated heterocycles. The average molecular weight is 398 g/mol. The SMILES string of the molecule is CN(C)C(=O)Cc1ccc(N2CCCN(c3ccnc(Cl)c3C#N)CC2)cc1. The van der Waals surface area contributed by atoms with Gasteiger partial charge in [0.2, 0.25) is 5.91 Å². The van der Waals surface area contributed by atoms with E-state index in [1.807, 2.05) is 18.2 Å². The van der Waals surface area contributed by atoms with Gasteiger partial charge in [-0.05, 0) is 30.2 Å². The summed E-state index contributed by atoms with van der Waals surface area (Å²) in [6.45, 7) is 3.45. The zero-order chi connectivity index (χ0) is 20.1. The zero-order valence-corrected chi connectivity index (χ0v) is 17.0. The van der Waals surface area contributed by atoms with Crippen molar-refractivity contribution in [2.24, 2.45) is 0 Å². The lowest BCUT2D eigenvalue weighted by Gasteiger charge is -2.25. The van der Waals surface area contributed by atoms with Crippen LogP contribution in [-0.4, -0.2) is 56.1 Å². The molecule has 1 fully saturated rings. The molecular weight excluding hydrogens is 374 g/mol. The maximum Gasteiger partial charge on any atom is 0.226 e. The first-order valence-corrected chi connectivity index (χ1v) is 9.71. The second-order valence-electron chi connectivity index (χ2n) is 7.07. The van der Waals surface area contributed by atoms with Gasteiger partial charge in [0.05, 0.1) is 12.1 Å². The molecule has 2 aromatic rings. The van der Waals surface area contributed by atoms with Gasteiger partial charge in [-0.3, -0.25) is 4.79 Å². The minimum absolute atomic E-state index is 0.0995. The summed E-state index contributed by atoms with van der Waals surface area (Å²) in [5, 5.41) is 9.67. The number of pyridine rings is 1. The molecule has 0 spiro atoms. The molecule has 1 aliphatic rings. The lowest BCUT2D eigenvalue weighted by molar-refractivity contribution is -0.127. The van der Waals surface area contributed by atoms with Crippen molar-refractivity contribution in [1.29, 1.82) is 5.26 Å². The van der Waals surface area contributed by atoms with E-state index in [9.17, 15) is 10.1 Å². The highest BCUT2D eigenvalue weighted by Crippen LogP contribution is 2.27. The molecule has 1 amide bonds. The second kappa shape index (κ2) is 8.94. The van der Waals surface area contributed by atoms with Crippen LogP contribution in [0.15, 0.2) is 36.5 Å². The van der Waals surface area contributed by atoms with Gasteiger partial charge in [-0.25, -0.2) is 4.98 Å². The molecule has 0 radical (unpaired) electrons. The fourth-order valence-electron chi connectivity index (χ4n) is 3.37. The standard InChI is InChI=1S/C21H24ClN5O/c1-25(2)20(28)14-16-4-6-17(7-5-16)26-10-3-11-27(13-12-26)19-8-9-24-21(22)18(19)15-23/h4-9H,3,10-14H2,1-2H3. The molecule has 1 aromatic carbocycles. The van der Waals surface area contributed by atoms with Crippen molar-refractivity contribution in [3.63, 3.8) is 0 Å². The summed E-state index contributed by atoms with van der Waals surface area (Å²) in [6, 6.07) is 12.2. The fourth-order valence-corrected chi connectivity index (χ4v) is 3.56. The molecule has 0 unspecified atom stereocenters. The normalized spacial score (nSPS) is 14.4. The molecule has 0 bridgehead atoms. The Morgan fingerprint density at radius 1 is 1.14 bits per heavy atom. The van der Waals surface area contributed by atoms with Crippen LogP contribution in [0.2, 0.25) is 5.15 Å². The number of likely N-dealkylation sites (N-methyl/N-ethyl adjacent to an activating group) is 1. The highest BCUT2D eigenvalue weighted by Gasteiger charge is 2.19. The summed E-state index contributed by atoms with van der Waals surface area (Å²) in [7, 11) is 3.54. The Hall–Kier alpha value is -2.78. The van der Waals surface area contributed by atoms with Crippen LogP contribution < -0.4 is 9.80 Å². The molecular formula is C21H24ClN5O. The van der Waals surface area contributed by atoms with E-state index in [1.165, 1.54) is 0 Å². The van der Waals surface area contributed by atoms with Gasteiger partial charge in [-0.1, -0.05) is 23.7 Å². The molecule has 0 aliphatic carbocycles. The zero-order valence-electron chi connectivity index (χ0n) is 16.2. The van der Waals surface area contributed by atoms with Crippen molar-refractivity contribution in [3.8, 4) is 6.07 Å².